The van der Waals surface area contributed by atoms with Gasteiger partial charge in [0.05, 0.1) is 10.3 Å². The molecule has 3 aromatic heterocycles. The highest BCUT2D eigenvalue weighted by atomic mass is 32.1. The molecule has 0 saturated heterocycles. The number of aliphatic carboxylic acids is 2. The Morgan fingerprint density at radius 1 is 1.19 bits per heavy atom. The molecular weight excluding hydrogens is 438 g/mol. The molecule has 0 saturated carbocycles. The van der Waals surface area contributed by atoms with Gasteiger partial charge < -0.3 is 26.2 Å². The molecule has 0 bridgehead atoms. The summed E-state index contributed by atoms with van der Waals surface area (Å²) in [4.78, 5) is 56.5. The maximum absolute atomic E-state index is 12.5. The Bertz CT molecular complexity index is 1200. The largest absolute Gasteiger partial charge is 0.481 e. The van der Waals surface area contributed by atoms with Crippen LogP contribution in [0.15, 0.2) is 22.3 Å². The van der Waals surface area contributed by atoms with Crippen LogP contribution in [0.3, 0.4) is 0 Å². The van der Waals surface area contributed by atoms with Gasteiger partial charge in [-0.1, -0.05) is 0 Å². The van der Waals surface area contributed by atoms with Crippen molar-refractivity contribution in [3.05, 3.63) is 44.0 Å². The zero-order chi connectivity index (χ0) is 23.3. The first kappa shape index (κ1) is 23.0. The number of nitrogen functional groups attached to an aromatic ring is 1. The van der Waals surface area contributed by atoms with Gasteiger partial charge in [-0.2, -0.15) is 4.98 Å². The molecule has 12 heteroatoms. The van der Waals surface area contributed by atoms with Crippen LogP contribution in [0.2, 0.25) is 0 Å². The number of aryl methyl sites for hydroxylation is 2. The molecular formula is C20H23N5O6S. The number of hydrogen-bond donors (Lipinski definition) is 6. The number of unbranched alkanes of at least 4 members (excludes halogenated alkanes) is 1. The first-order valence-electron chi connectivity index (χ1n) is 9.94. The minimum atomic E-state index is -1.27. The molecule has 3 aromatic rings. The number of carboxylic acids is 2. The third-order valence-electron chi connectivity index (χ3n) is 4.92. The lowest BCUT2D eigenvalue weighted by molar-refractivity contribution is -0.140. The topological polar surface area (TPSA) is 191 Å². The van der Waals surface area contributed by atoms with Gasteiger partial charge in [0.1, 0.15) is 11.7 Å². The number of carboxylic acid groups (broad SMARTS) is 2. The first-order valence-corrected chi connectivity index (χ1v) is 10.8. The Morgan fingerprint density at radius 3 is 2.66 bits per heavy atom. The second-order valence-corrected chi connectivity index (χ2v) is 8.20. The normalized spacial score (nSPS) is 12.0. The smallest absolute Gasteiger partial charge is 0.326 e. The number of nitrogens with zero attached hydrogens (tertiary/aromatic N) is 1. The number of fused-ring (bicyclic) bond motifs is 1. The van der Waals surface area contributed by atoms with Crippen LogP contribution in [0.1, 0.15) is 46.6 Å². The minimum Gasteiger partial charge on any atom is -0.481 e. The van der Waals surface area contributed by atoms with Crippen molar-refractivity contribution in [2.45, 2.75) is 44.6 Å². The van der Waals surface area contributed by atoms with Crippen molar-refractivity contribution in [1.29, 1.82) is 0 Å². The van der Waals surface area contributed by atoms with Crippen LogP contribution >= 0.6 is 11.3 Å². The van der Waals surface area contributed by atoms with E-state index in [9.17, 15) is 24.3 Å². The summed E-state index contributed by atoms with van der Waals surface area (Å²) in [6, 6.07) is 2.30. The van der Waals surface area contributed by atoms with Crippen molar-refractivity contribution in [2.24, 2.45) is 0 Å². The van der Waals surface area contributed by atoms with Crippen molar-refractivity contribution in [2.75, 3.05) is 5.73 Å². The van der Waals surface area contributed by atoms with Crippen molar-refractivity contribution in [3.63, 3.8) is 0 Å². The molecule has 3 rings (SSSR count). The molecule has 3 heterocycles. The van der Waals surface area contributed by atoms with E-state index in [4.69, 9.17) is 10.8 Å². The lowest BCUT2D eigenvalue weighted by atomic mass is 10.1. The Labute approximate surface area is 185 Å². The summed E-state index contributed by atoms with van der Waals surface area (Å²) in [5, 5.41) is 22.6. The molecule has 0 fully saturated rings. The molecule has 1 amide bonds. The summed E-state index contributed by atoms with van der Waals surface area (Å²) >= 11 is 1.21. The summed E-state index contributed by atoms with van der Waals surface area (Å²) in [6.45, 7) is 0. The monoisotopic (exact) mass is 461 g/mol. The highest BCUT2D eigenvalue weighted by molar-refractivity contribution is 7.12. The van der Waals surface area contributed by atoms with Crippen LogP contribution in [0, 0.1) is 0 Å². The zero-order valence-electron chi connectivity index (χ0n) is 17.0. The van der Waals surface area contributed by atoms with Crippen LogP contribution in [0.4, 0.5) is 5.95 Å². The number of carbonyl (C=O) groups is 3. The number of hydrogen-bond acceptors (Lipinski definition) is 7. The van der Waals surface area contributed by atoms with Gasteiger partial charge in [0.2, 0.25) is 5.95 Å². The molecule has 0 radical (unpaired) electrons. The van der Waals surface area contributed by atoms with Crippen LogP contribution in [-0.2, 0) is 22.4 Å². The molecule has 0 spiro atoms. The number of nitrogens with two attached hydrogens (primary N) is 1. The molecule has 7 N–H and O–H groups in total. The molecule has 0 aliphatic rings. The molecule has 0 aliphatic heterocycles. The van der Waals surface area contributed by atoms with Gasteiger partial charge in [-0.3, -0.25) is 19.4 Å². The van der Waals surface area contributed by atoms with Gasteiger partial charge in [-0.05, 0) is 55.2 Å². The van der Waals surface area contributed by atoms with Gasteiger partial charge in [0, 0.05) is 12.1 Å². The number of H-pyrrole nitrogens is 2. The Kier molecular flexibility index (Phi) is 7.25. The van der Waals surface area contributed by atoms with E-state index >= 15 is 0 Å². The van der Waals surface area contributed by atoms with E-state index < -0.39 is 23.9 Å². The highest BCUT2D eigenvalue weighted by Crippen LogP contribution is 2.20. The SMILES string of the molecule is Nc1nc2[nH]c(CCCCc3ccsc3C(=O)NC(CCC(=O)O)C(=O)O)cc2c(=O)[nH]1. The number of thiophene rings is 1. The first-order chi connectivity index (χ1) is 15.2. The van der Waals surface area contributed by atoms with Crippen molar-refractivity contribution in [3.8, 4) is 0 Å². The van der Waals surface area contributed by atoms with Crippen LogP contribution in [0.25, 0.3) is 11.0 Å². The molecule has 11 nitrogen and oxygen atoms in total. The van der Waals surface area contributed by atoms with Crippen LogP contribution in [0.5, 0.6) is 0 Å². The van der Waals surface area contributed by atoms with Crippen LogP contribution < -0.4 is 16.6 Å². The van der Waals surface area contributed by atoms with Crippen molar-refractivity contribution < 1.29 is 24.6 Å². The van der Waals surface area contributed by atoms with E-state index in [2.05, 4.69) is 20.3 Å². The number of aromatic amines is 2. The summed E-state index contributed by atoms with van der Waals surface area (Å²) in [5.74, 6) is -2.87. The van der Waals surface area contributed by atoms with Crippen molar-refractivity contribution >= 4 is 46.2 Å². The number of carbonyl (C=O) groups excluding carboxylic acids is 1. The predicted octanol–water partition coefficient (Wildman–Crippen LogP) is 1.51. The van der Waals surface area contributed by atoms with Crippen LogP contribution in [-0.4, -0.2) is 49.1 Å². The van der Waals surface area contributed by atoms with E-state index in [1.807, 2.05) is 6.07 Å². The maximum atomic E-state index is 12.5. The minimum absolute atomic E-state index is 0.0484. The average Bonchev–Trinajstić information content (AvgIpc) is 3.34. The van der Waals surface area contributed by atoms with Crippen molar-refractivity contribution in [1.82, 2.24) is 20.3 Å². The van der Waals surface area contributed by atoms with E-state index in [0.29, 0.717) is 28.8 Å². The van der Waals surface area contributed by atoms with E-state index in [-0.39, 0.29) is 24.3 Å². The highest BCUT2D eigenvalue weighted by Gasteiger charge is 2.23. The third-order valence-corrected chi connectivity index (χ3v) is 5.87. The van der Waals surface area contributed by atoms with Gasteiger partial charge in [-0.15, -0.1) is 11.3 Å². The molecule has 0 aromatic carbocycles. The van der Waals surface area contributed by atoms with E-state index in [1.165, 1.54) is 11.3 Å². The third kappa shape index (κ3) is 5.72. The standard InChI is InChI=1S/C20H23N5O6S/c21-20-24-16-12(17(28)25-20)9-11(22-16)4-2-1-3-10-7-8-32-15(10)18(29)23-13(19(30)31)5-6-14(26)27/h7-9,13H,1-6H2,(H,23,29)(H,26,27)(H,30,31)(H4,21,22,24,25,28). The lowest BCUT2D eigenvalue weighted by Crippen LogP contribution is -2.41. The summed E-state index contributed by atoms with van der Waals surface area (Å²) in [6.07, 6.45) is 2.30. The molecule has 32 heavy (non-hydrogen) atoms. The average molecular weight is 462 g/mol. The number of amides is 1. The summed E-state index contributed by atoms with van der Waals surface area (Å²) in [5.41, 5.74) is 7.35. The fourth-order valence-electron chi connectivity index (χ4n) is 3.34. The zero-order valence-corrected chi connectivity index (χ0v) is 17.8. The Hall–Kier alpha value is -3.67. The predicted molar refractivity (Wildman–Crippen MR) is 118 cm³/mol. The van der Waals surface area contributed by atoms with Gasteiger partial charge in [0.25, 0.3) is 11.5 Å². The number of nitrogens with one attached hydrogen (secondary N) is 3. The molecule has 0 aliphatic carbocycles. The van der Waals surface area contributed by atoms with Gasteiger partial charge >= 0.3 is 11.9 Å². The quantitative estimate of drug-likeness (QED) is 0.231. The number of aromatic nitrogens is 3. The van der Waals surface area contributed by atoms with E-state index in [1.54, 1.807) is 11.4 Å². The number of rotatable bonds is 11. The fraction of sp³-hybridized carbons (Fsp3) is 0.350. The van der Waals surface area contributed by atoms with Gasteiger partial charge in [0.15, 0.2) is 0 Å². The second kappa shape index (κ2) is 10.1. The lowest BCUT2D eigenvalue weighted by Gasteiger charge is -2.13. The number of anilines is 1. The van der Waals surface area contributed by atoms with Gasteiger partial charge in [-0.25, -0.2) is 4.79 Å². The molecule has 170 valence electrons. The molecule has 1 unspecified atom stereocenters. The maximum Gasteiger partial charge on any atom is 0.326 e. The van der Waals surface area contributed by atoms with E-state index in [0.717, 1.165) is 24.1 Å². The Morgan fingerprint density at radius 2 is 1.94 bits per heavy atom. The summed E-state index contributed by atoms with van der Waals surface area (Å²) in [7, 11) is 0. The summed E-state index contributed by atoms with van der Waals surface area (Å²) < 4.78 is 0. The molecule has 1 atom stereocenters. The second-order valence-electron chi connectivity index (χ2n) is 7.29. The fourth-order valence-corrected chi connectivity index (χ4v) is 4.19. The Balaban J connectivity index is 1.55.